The molecule has 4 aromatic rings. The number of halogens is 4. The summed E-state index contributed by atoms with van der Waals surface area (Å²) < 4.78 is 54.6. The lowest BCUT2D eigenvalue weighted by Crippen LogP contribution is -2.46. The molecule has 40 heavy (non-hydrogen) atoms. The second kappa shape index (κ2) is 10.4. The van der Waals surface area contributed by atoms with Crippen LogP contribution < -0.4 is 4.90 Å². The molecule has 0 unspecified atom stereocenters. The van der Waals surface area contributed by atoms with Gasteiger partial charge in [0.15, 0.2) is 5.82 Å². The summed E-state index contributed by atoms with van der Waals surface area (Å²) in [7, 11) is 0. The molecule has 0 radical (unpaired) electrons. The minimum absolute atomic E-state index is 0.172. The highest BCUT2D eigenvalue weighted by atomic mass is 19.3. The first-order valence-corrected chi connectivity index (χ1v) is 12.7. The predicted octanol–water partition coefficient (Wildman–Crippen LogP) is 3.86. The fourth-order valence-corrected chi connectivity index (χ4v) is 4.52. The number of aromatic nitrogens is 5. The van der Waals surface area contributed by atoms with Crippen molar-refractivity contribution in [3.63, 3.8) is 0 Å². The Labute approximate surface area is 227 Å². The molecule has 1 aliphatic rings. The van der Waals surface area contributed by atoms with Gasteiger partial charge in [0, 0.05) is 56.1 Å². The van der Waals surface area contributed by atoms with E-state index in [-0.39, 0.29) is 5.69 Å². The summed E-state index contributed by atoms with van der Waals surface area (Å²) >= 11 is 0. The Balaban J connectivity index is 1.48. The molecule has 1 fully saturated rings. The minimum Gasteiger partial charge on any atom is -0.387 e. The van der Waals surface area contributed by atoms with Crippen molar-refractivity contribution in [2.75, 3.05) is 31.1 Å². The van der Waals surface area contributed by atoms with Crippen LogP contribution in [0.3, 0.4) is 0 Å². The van der Waals surface area contributed by atoms with Gasteiger partial charge in [-0.3, -0.25) is 9.88 Å². The molecule has 1 atom stereocenters. The van der Waals surface area contributed by atoms with Crippen molar-refractivity contribution in [3.05, 3.63) is 65.7 Å². The van der Waals surface area contributed by atoms with Crippen molar-refractivity contribution in [1.29, 1.82) is 0 Å². The number of hydrogen-bond donors (Lipinski definition) is 2. The van der Waals surface area contributed by atoms with Crippen molar-refractivity contribution in [3.8, 4) is 11.3 Å². The molecule has 0 aliphatic carbocycles. The lowest BCUT2D eigenvalue weighted by Gasteiger charge is -2.36. The number of hydrogen-bond acceptors (Lipinski definition) is 8. The van der Waals surface area contributed by atoms with Gasteiger partial charge in [0.2, 0.25) is 0 Å². The highest BCUT2D eigenvalue weighted by Gasteiger charge is 2.40. The molecular formula is C27H29F4N7O2. The van der Waals surface area contributed by atoms with E-state index in [9.17, 15) is 27.8 Å². The van der Waals surface area contributed by atoms with Crippen molar-refractivity contribution >= 4 is 16.9 Å². The standard InChI is InChI=1S/C27H29F4N7O2/c1-26(2,39)27(3,40)22-11-20-21(13-32-22)35-24(23(34-20)17-12-33-38(15-17)25(30)31)37-8-6-36(7-9-37)14-16-4-5-18(28)10-19(16)29/h4-5,10-13,15,25,39-40H,6-9,14H2,1-3H3/t27-/m0/s1. The first-order chi connectivity index (χ1) is 18.8. The lowest BCUT2D eigenvalue weighted by atomic mass is 9.84. The summed E-state index contributed by atoms with van der Waals surface area (Å²) in [6, 6.07) is 5.04. The van der Waals surface area contributed by atoms with Crippen LogP contribution in [0, 0.1) is 11.6 Å². The van der Waals surface area contributed by atoms with Crippen molar-refractivity contribution in [2.24, 2.45) is 0 Å². The van der Waals surface area contributed by atoms with Gasteiger partial charge in [-0.15, -0.1) is 0 Å². The average Bonchev–Trinajstić information content (AvgIpc) is 3.40. The topological polar surface area (TPSA) is 103 Å². The van der Waals surface area contributed by atoms with Gasteiger partial charge in [-0.05, 0) is 32.9 Å². The number of alkyl halides is 2. The fraction of sp³-hybridized carbons (Fsp3) is 0.407. The van der Waals surface area contributed by atoms with E-state index in [0.29, 0.717) is 71.1 Å². The van der Waals surface area contributed by atoms with E-state index in [1.807, 2.05) is 9.80 Å². The normalized spacial score (nSPS) is 16.6. The molecule has 5 rings (SSSR count). The highest BCUT2D eigenvalue weighted by molar-refractivity contribution is 5.83. The number of aliphatic hydroxyl groups is 2. The number of nitrogens with zero attached hydrogens (tertiary/aromatic N) is 7. The smallest absolute Gasteiger partial charge is 0.333 e. The van der Waals surface area contributed by atoms with Crippen molar-refractivity contribution in [2.45, 2.75) is 45.1 Å². The zero-order valence-electron chi connectivity index (χ0n) is 22.2. The van der Waals surface area contributed by atoms with Gasteiger partial charge in [-0.2, -0.15) is 13.9 Å². The van der Waals surface area contributed by atoms with Crippen LogP contribution >= 0.6 is 0 Å². The molecule has 1 aliphatic heterocycles. The van der Waals surface area contributed by atoms with E-state index < -0.39 is 29.4 Å². The summed E-state index contributed by atoms with van der Waals surface area (Å²) in [5.74, 6) is -0.789. The van der Waals surface area contributed by atoms with E-state index in [0.717, 1.165) is 6.07 Å². The summed E-state index contributed by atoms with van der Waals surface area (Å²) in [5, 5.41) is 25.1. The zero-order valence-corrected chi connectivity index (χ0v) is 22.2. The van der Waals surface area contributed by atoms with Gasteiger partial charge >= 0.3 is 6.55 Å². The largest absolute Gasteiger partial charge is 0.387 e. The number of piperazine rings is 1. The number of rotatable bonds is 7. The molecule has 4 heterocycles. The van der Waals surface area contributed by atoms with Gasteiger partial charge in [0.05, 0.1) is 29.2 Å². The average molecular weight is 560 g/mol. The van der Waals surface area contributed by atoms with Gasteiger partial charge in [0.25, 0.3) is 0 Å². The van der Waals surface area contributed by atoms with Crippen molar-refractivity contribution < 1.29 is 27.8 Å². The van der Waals surface area contributed by atoms with E-state index in [4.69, 9.17) is 9.97 Å². The number of pyridine rings is 1. The maximum absolute atomic E-state index is 14.2. The fourth-order valence-electron chi connectivity index (χ4n) is 4.52. The third-order valence-electron chi connectivity index (χ3n) is 7.38. The number of anilines is 1. The van der Waals surface area contributed by atoms with Crippen LogP contribution in [0.25, 0.3) is 22.3 Å². The summed E-state index contributed by atoms with van der Waals surface area (Å²) in [6.07, 6.45) is 3.92. The monoisotopic (exact) mass is 559 g/mol. The molecule has 0 amide bonds. The number of benzene rings is 1. The molecular weight excluding hydrogens is 530 g/mol. The van der Waals surface area contributed by atoms with E-state index in [1.54, 1.807) is 0 Å². The maximum atomic E-state index is 14.2. The van der Waals surface area contributed by atoms with Crippen LogP contribution in [-0.2, 0) is 12.1 Å². The Morgan fingerprint density at radius 1 is 0.950 bits per heavy atom. The van der Waals surface area contributed by atoms with Crippen LogP contribution in [0.5, 0.6) is 0 Å². The molecule has 9 nitrogen and oxygen atoms in total. The Bertz CT molecular complexity index is 1530. The van der Waals surface area contributed by atoms with Gasteiger partial charge < -0.3 is 15.1 Å². The summed E-state index contributed by atoms with van der Waals surface area (Å²) in [4.78, 5) is 17.8. The SMILES string of the molecule is CC(C)(O)[C@@](C)(O)c1cc2nc(-c3cnn(C(F)F)c3)c(N3CCN(Cc4ccc(F)cc4F)CC3)nc2cn1. The van der Waals surface area contributed by atoms with E-state index in [2.05, 4.69) is 10.1 Å². The van der Waals surface area contributed by atoms with Gasteiger partial charge in [0.1, 0.15) is 28.4 Å². The number of fused-ring (bicyclic) bond motifs is 1. The van der Waals surface area contributed by atoms with Gasteiger partial charge in [-0.1, -0.05) is 6.07 Å². The Morgan fingerprint density at radius 3 is 2.30 bits per heavy atom. The van der Waals surface area contributed by atoms with E-state index in [1.165, 1.54) is 57.6 Å². The molecule has 3 aromatic heterocycles. The molecule has 0 saturated carbocycles. The Kier molecular flexibility index (Phi) is 7.23. The van der Waals surface area contributed by atoms with E-state index >= 15 is 0 Å². The quantitative estimate of drug-likeness (QED) is 0.329. The van der Waals surface area contributed by atoms with Gasteiger partial charge in [-0.25, -0.2) is 23.4 Å². The molecule has 212 valence electrons. The molecule has 13 heteroatoms. The zero-order chi connectivity index (χ0) is 28.8. The second-order valence-corrected chi connectivity index (χ2v) is 10.6. The first kappa shape index (κ1) is 27.9. The second-order valence-electron chi connectivity index (χ2n) is 10.6. The lowest BCUT2D eigenvalue weighted by molar-refractivity contribution is -0.127. The first-order valence-electron chi connectivity index (χ1n) is 12.7. The summed E-state index contributed by atoms with van der Waals surface area (Å²) in [5.41, 5.74) is -1.25. The summed E-state index contributed by atoms with van der Waals surface area (Å²) in [6.45, 7) is 3.88. The third-order valence-corrected chi connectivity index (χ3v) is 7.38. The molecule has 1 saturated heterocycles. The van der Waals surface area contributed by atoms with Crippen LogP contribution in [0.15, 0.2) is 42.9 Å². The minimum atomic E-state index is -2.83. The molecule has 0 bridgehead atoms. The molecule has 0 spiro atoms. The third kappa shape index (κ3) is 5.36. The molecule has 2 N–H and O–H groups in total. The van der Waals surface area contributed by atoms with Crippen LogP contribution in [-0.4, -0.2) is 71.6 Å². The predicted molar refractivity (Wildman–Crippen MR) is 140 cm³/mol. The van der Waals surface area contributed by atoms with Crippen LogP contribution in [0.1, 0.15) is 38.6 Å². The Hall–Kier alpha value is -3.68. The van der Waals surface area contributed by atoms with Crippen molar-refractivity contribution in [1.82, 2.24) is 29.6 Å². The van der Waals surface area contributed by atoms with Crippen LogP contribution in [0.2, 0.25) is 0 Å². The van der Waals surface area contributed by atoms with Crippen LogP contribution in [0.4, 0.5) is 23.4 Å². The molecule has 1 aromatic carbocycles. The maximum Gasteiger partial charge on any atom is 0.333 e. The Morgan fingerprint density at radius 2 is 1.68 bits per heavy atom. The highest BCUT2D eigenvalue weighted by Crippen LogP contribution is 2.35.